The Hall–Kier alpha value is -1.20. The number of ether oxygens (including phenoxy) is 2. The van der Waals surface area contributed by atoms with E-state index in [1.807, 2.05) is 13.8 Å². The van der Waals surface area contributed by atoms with Crippen molar-refractivity contribution in [2.24, 2.45) is 0 Å². The molecule has 5 nitrogen and oxygen atoms in total. The molecule has 0 atom stereocenters. The molecule has 0 aliphatic carbocycles. The van der Waals surface area contributed by atoms with Crippen molar-refractivity contribution in [3.63, 3.8) is 0 Å². The molecule has 0 fully saturated rings. The summed E-state index contributed by atoms with van der Waals surface area (Å²) in [5.41, 5.74) is 0.742. The predicted molar refractivity (Wildman–Crippen MR) is 84.7 cm³/mol. The minimum Gasteiger partial charge on any atom is -0.490 e. The van der Waals surface area contributed by atoms with Gasteiger partial charge in [0.05, 0.1) is 24.1 Å². The maximum atomic E-state index is 5.86. The quantitative estimate of drug-likeness (QED) is 0.759. The van der Waals surface area contributed by atoms with Crippen molar-refractivity contribution < 1.29 is 9.47 Å². The summed E-state index contributed by atoms with van der Waals surface area (Å²) >= 11 is 0. The maximum absolute atomic E-state index is 5.86. The molecule has 0 spiro atoms. The van der Waals surface area contributed by atoms with E-state index in [4.69, 9.17) is 9.47 Å². The molecule has 0 amide bonds. The Morgan fingerprint density at radius 2 is 2.05 bits per heavy atom. The molecule has 21 heavy (non-hydrogen) atoms. The molecule has 0 aromatic carbocycles. The zero-order valence-electron chi connectivity index (χ0n) is 14.2. The zero-order chi connectivity index (χ0) is 15.9. The second-order valence-electron chi connectivity index (χ2n) is 6.04. The number of nitrogens with zero attached hydrogens (tertiary/aromatic N) is 2. The normalized spacial score (nSPS) is 12.0. The molecule has 0 bridgehead atoms. The Balaban J connectivity index is 2.75. The van der Waals surface area contributed by atoms with Gasteiger partial charge in [-0.05, 0) is 20.4 Å². The molecule has 0 saturated heterocycles. The van der Waals surface area contributed by atoms with Crippen molar-refractivity contribution in [3.8, 4) is 5.75 Å². The van der Waals surface area contributed by atoms with E-state index in [1.54, 1.807) is 13.3 Å². The average molecular weight is 295 g/mol. The Morgan fingerprint density at radius 3 is 2.62 bits per heavy atom. The number of hydrogen-bond donors (Lipinski definition) is 1. The molecule has 5 heteroatoms. The fraction of sp³-hybridized carbons (Fsp3) is 0.750. The largest absolute Gasteiger partial charge is 0.490 e. The van der Waals surface area contributed by atoms with Crippen LogP contribution in [0.5, 0.6) is 5.75 Å². The fourth-order valence-corrected chi connectivity index (χ4v) is 1.70. The van der Waals surface area contributed by atoms with Gasteiger partial charge in [-0.2, -0.15) is 0 Å². The van der Waals surface area contributed by atoms with Crippen molar-refractivity contribution in [1.82, 2.24) is 15.3 Å². The van der Waals surface area contributed by atoms with Crippen LogP contribution in [0.15, 0.2) is 6.20 Å². The topological polar surface area (TPSA) is 56.3 Å². The van der Waals surface area contributed by atoms with Crippen LogP contribution in [0.2, 0.25) is 0 Å². The summed E-state index contributed by atoms with van der Waals surface area (Å²) in [6, 6.07) is 0. The van der Waals surface area contributed by atoms with Crippen LogP contribution in [0.4, 0.5) is 0 Å². The minimum absolute atomic E-state index is 0.180. The third-order valence-corrected chi connectivity index (χ3v) is 3.42. The summed E-state index contributed by atoms with van der Waals surface area (Å²) in [7, 11) is 1.72. The van der Waals surface area contributed by atoms with Gasteiger partial charge in [0, 0.05) is 26.0 Å². The first kappa shape index (κ1) is 17.9. The van der Waals surface area contributed by atoms with E-state index in [1.165, 1.54) is 0 Å². The minimum atomic E-state index is -0.180. The molecule has 0 saturated carbocycles. The maximum Gasteiger partial charge on any atom is 0.160 e. The first-order chi connectivity index (χ1) is 9.89. The van der Waals surface area contributed by atoms with E-state index >= 15 is 0 Å². The summed E-state index contributed by atoms with van der Waals surface area (Å²) in [4.78, 5) is 9.00. The smallest absolute Gasteiger partial charge is 0.160 e. The third kappa shape index (κ3) is 5.98. The molecule has 1 N–H and O–H groups in total. The highest BCUT2D eigenvalue weighted by Gasteiger charge is 2.17. The van der Waals surface area contributed by atoms with Crippen LogP contribution >= 0.6 is 0 Å². The Bertz CT molecular complexity index is 434. The summed E-state index contributed by atoms with van der Waals surface area (Å²) in [6.07, 6.45) is 2.60. The van der Waals surface area contributed by atoms with E-state index in [-0.39, 0.29) is 5.60 Å². The second kappa shape index (κ2) is 8.29. The molecule has 1 aromatic heterocycles. The van der Waals surface area contributed by atoms with Gasteiger partial charge in [0.15, 0.2) is 5.75 Å². The SMILES string of the molecule is CCNCc1nc(C(C)C)ncc1OCCC(C)(C)OC. The molecule has 0 aliphatic rings. The van der Waals surface area contributed by atoms with Gasteiger partial charge < -0.3 is 14.8 Å². The lowest BCUT2D eigenvalue weighted by Crippen LogP contribution is -2.25. The van der Waals surface area contributed by atoms with Crippen LogP contribution in [0.1, 0.15) is 58.5 Å². The molecule has 0 radical (unpaired) electrons. The van der Waals surface area contributed by atoms with Crippen molar-refractivity contribution >= 4 is 0 Å². The molecule has 120 valence electrons. The van der Waals surface area contributed by atoms with E-state index < -0.39 is 0 Å². The van der Waals surface area contributed by atoms with Crippen molar-refractivity contribution in [2.45, 2.75) is 59.1 Å². The number of rotatable bonds is 9. The van der Waals surface area contributed by atoms with Gasteiger partial charge in [-0.1, -0.05) is 20.8 Å². The Kier molecular flexibility index (Phi) is 7.05. The molecule has 1 rings (SSSR count). The van der Waals surface area contributed by atoms with Crippen LogP contribution in [0.3, 0.4) is 0 Å². The van der Waals surface area contributed by atoms with Gasteiger partial charge >= 0.3 is 0 Å². The first-order valence-corrected chi connectivity index (χ1v) is 7.64. The fourth-order valence-electron chi connectivity index (χ4n) is 1.70. The van der Waals surface area contributed by atoms with E-state index in [2.05, 4.69) is 36.1 Å². The summed E-state index contributed by atoms with van der Waals surface area (Å²) < 4.78 is 11.3. The van der Waals surface area contributed by atoms with Gasteiger partial charge in [0.2, 0.25) is 0 Å². The van der Waals surface area contributed by atoms with Gasteiger partial charge in [-0.15, -0.1) is 0 Å². The molecule has 0 aliphatic heterocycles. The van der Waals surface area contributed by atoms with Crippen LogP contribution in [-0.4, -0.2) is 35.8 Å². The summed E-state index contributed by atoms with van der Waals surface area (Å²) in [5, 5.41) is 3.29. The number of nitrogens with one attached hydrogen (secondary N) is 1. The van der Waals surface area contributed by atoms with Gasteiger partial charge in [-0.3, -0.25) is 0 Å². The standard InChI is InChI=1S/C16H29N3O2/c1-7-17-10-13-14(11-18-15(19-13)12(2)3)21-9-8-16(4,5)20-6/h11-12,17H,7-10H2,1-6H3. The van der Waals surface area contributed by atoms with E-state index in [0.29, 0.717) is 19.1 Å². The number of methoxy groups -OCH3 is 1. The van der Waals surface area contributed by atoms with Crippen molar-refractivity contribution in [3.05, 3.63) is 17.7 Å². The Morgan fingerprint density at radius 1 is 1.33 bits per heavy atom. The predicted octanol–water partition coefficient (Wildman–Crippen LogP) is 2.90. The highest BCUT2D eigenvalue weighted by molar-refractivity contribution is 5.25. The number of aromatic nitrogens is 2. The molecular formula is C16H29N3O2. The van der Waals surface area contributed by atoms with Crippen LogP contribution in [0.25, 0.3) is 0 Å². The lowest BCUT2D eigenvalue weighted by Gasteiger charge is -2.23. The Labute approximate surface area is 128 Å². The van der Waals surface area contributed by atoms with Crippen molar-refractivity contribution in [2.75, 3.05) is 20.3 Å². The monoisotopic (exact) mass is 295 g/mol. The van der Waals surface area contributed by atoms with Crippen LogP contribution < -0.4 is 10.1 Å². The number of hydrogen-bond acceptors (Lipinski definition) is 5. The molecular weight excluding hydrogens is 266 g/mol. The second-order valence-corrected chi connectivity index (χ2v) is 6.04. The van der Waals surface area contributed by atoms with E-state index in [9.17, 15) is 0 Å². The van der Waals surface area contributed by atoms with Gasteiger partial charge in [0.25, 0.3) is 0 Å². The zero-order valence-corrected chi connectivity index (χ0v) is 14.2. The lowest BCUT2D eigenvalue weighted by molar-refractivity contribution is 0.00529. The average Bonchev–Trinajstić information content (AvgIpc) is 2.45. The highest BCUT2D eigenvalue weighted by Crippen LogP contribution is 2.20. The molecule has 1 heterocycles. The van der Waals surface area contributed by atoms with Gasteiger partial charge in [-0.25, -0.2) is 9.97 Å². The van der Waals surface area contributed by atoms with Gasteiger partial charge in [0.1, 0.15) is 5.82 Å². The first-order valence-electron chi connectivity index (χ1n) is 7.64. The molecule has 1 aromatic rings. The van der Waals surface area contributed by atoms with Crippen LogP contribution in [-0.2, 0) is 11.3 Å². The summed E-state index contributed by atoms with van der Waals surface area (Å²) in [6.45, 7) is 12.5. The lowest BCUT2D eigenvalue weighted by atomic mass is 10.1. The van der Waals surface area contributed by atoms with Crippen LogP contribution in [0, 0.1) is 0 Å². The highest BCUT2D eigenvalue weighted by atomic mass is 16.5. The third-order valence-electron chi connectivity index (χ3n) is 3.42. The van der Waals surface area contributed by atoms with E-state index in [0.717, 1.165) is 30.2 Å². The van der Waals surface area contributed by atoms with Crippen molar-refractivity contribution in [1.29, 1.82) is 0 Å². The summed E-state index contributed by atoms with van der Waals surface area (Å²) in [5.74, 6) is 1.92. The molecule has 0 unspecified atom stereocenters.